The summed E-state index contributed by atoms with van der Waals surface area (Å²) in [6.07, 6.45) is 0. The first-order valence-corrected chi connectivity index (χ1v) is 8.75. The second-order valence-electron chi connectivity index (χ2n) is 5.38. The quantitative estimate of drug-likeness (QED) is 0.726. The lowest BCUT2D eigenvalue weighted by Gasteiger charge is -2.16. The van der Waals surface area contributed by atoms with Crippen LogP contribution in [-0.2, 0) is 13.1 Å². The molecule has 0 saturated carbocycles. The van der Waals surface area contributed by atoms with Crippen LogP contribution in [0.4, 0.5) is 0 Å². The Morgan fingerprint density at radius 3 is 2.92 bits per heavy atom. The minimum atomic E-state index is -0.147. The Labute approximate surface area is 147 Å². The topological polar surface area (TPSA) is 71.0 Å². The maximum atomic E-state index is 12.6. The van der Waals surface area contributed by atoms with Crippen LogP contribution in [0.25, 0.3) is 10.9 Å². The van der Waals surface area contributed by atoms with Crippen molar-refractivity contribution in [2.45, 2.75) is 20.0 Å². The molecule has 3 aromatic rings. The van der Waals surface area contributed by atoms with Crippen molar-refractivity contribution in [2.75, 3.05) is 7.05 Å². The van der Waals surface area contributed by atoms with Gasteiger partial charge in [-0.3, -0.25) is 14.2 Å². The predicted octanol–water partition coefficient (Wildman–Crippen LogP) is 2.81. The molecule has 0 fully saturated rings. The largest absolute Gasteiger partial charge is 0.336 e. The first-order chi connectivity index (χ1) is 11.5. The van der Waals surface area contributed by atoms with Crippen LogP contribution in [0.1, 0.15) is 23.0 Å². The van der Waals surface area contributed by atoms with Crippen LogP contribution >= 0.6 is 23.6 Å². The van der Waals surface area contributed by atoms with Crippen LogP contribution in [-0.4, -0.2) is 32.4 Å². The maximum absolute atomic E-state index is 12.6. The number of benzene rings is 1. The lowest BCUT2D eigenvalue weighted by molar-refractivity contribution is 0.0784. The Morgan fingerprint density at radius 2 is 2.25 bits per heavy atom. The van der Waals surface area contributed by atoms with Gasteiger partial charge in [-0.2, -0.15) is 0 Å². The van der Waals surface area contributed by atoms with E-state index in [0.29, 0.717) is 34.3 Å². The van der Waals surface area contributed by atoms with Crippen molar-refractivity contribution in [3.8, 4) is 0 Å². The zero-order chi connectivity index (χ0) is 17.3. The molecule has 2 aromatic heterocycles. The number of aromatic amines is 1. The standard InChI is InChI=1S/C16H16N4O2S2/c1-3-20-15(22)12-5-4-10(6-13(12)18-16(20)23)14(21)19(2)7-11-8-24-9-17-11/h4-6,8-9H,3,7H2,1-2H3,(H,18,23). The number of amides is 1. The van der Waals surface area contributed by atoms with Crippen LogP contribution < -0.4 is 5.56 Å². The van der Waals surface area contributed by atoms with Gasteiger partial charge >= 0.3 is 0 Å². The molecule has 8 heteroatoms. The number of carbonyl (C=O) groups is 1. The molecule has 6 nitrogen and oxygen atoms in total. The number of fused-ring (bicyclic) bond motifs is 1. The van der Waals surface area contributed by atoms with E-state index in [4.69, 9.17) is 12.2 Å². The summed E-state index contributed by atoms with van der Waals surface area (Å²) in [6, 6.07) is 5.01. The fourth-order valence-corrected chi connectivity index (χ4v) is 3.40. The van der Waals surface area contributed by atoms with Crippen LogP contribution in [0.2, 0.25) is 0 Å². The van der Waals surface area contributed by atoms with Gasteiger partial charge in [0.2, 0.25) is 0 Å². The fourth-order valence-electron chi connectivity index (χ4n) is 2.53. The minimum absolute atomic E-state index is 0.135. The minimum Gasteiger partial charge on any atom is -0.336 e. The summed E-state index contributed by atoms with van der Waals surface area (Å²) in [6.45, 7) is 2.80. The lowest BCUT2D eigenvalue weighted by Crippen LogP contribution is -2.26. The molecule has 3 rings (SSSR count). The van der Waals surface area contributed by atoms with Gasteiger partial charge in [-0.25, -0.2) is 4.98 Å². The molecule has 1 N–H and O–H groups in total. The number of carbonyl (C=O) groups excluding carboxylic acids is 1. The molecular formula is C16H16N4O2S2. The van der Waals surface area contributed by atoms with E-state index in [1.165, 1.54) is 15.9 Å². The highest BCUT2D eigenvalue weighted by Crippen LogP contribution is 2.14. The SMILES string of the molecule is CCn1c(=S)[nH]c2cc(C(=O)N(C)Cc3cscn3)ccc2c1=O. The third kappa shape index (κ3) is 3.02. The van der Waals surface area contributed by atoms with Crippen LogP contribution in [0.5, 0.6) is 0 Å². The summed E-state index contributed by atoms with van der Waals surface area (Å²) in [4.78, 5) is 33.8. The van der Waals surface area contributed by atoms with Gasteiger partial charge in [-0.15, -0.1) is 11.3 Å². The number of rotatable bonds is 4. The first kappa shape index (κ1) is 16.5. The Balaban J connectivity index is 1.97. The molecule has 2 heterocycles. The van der Waals surface area contributed by atoms with E-state index in [1.54, 1.807) is 35.7 Å². The van der Waals surface area contributed by atoms with Crippen LogP contribution in [0.3, 0.4) is 0 Å². The highest BCUT2D eigenvalue weighted by molar-refractivity contribution is 7.71. The molecule has 124 valence electrons. The van der Waals surface area contributed by atoms with Gasteiger partial charge in [0.25, 0.3) is 11.5 Å². The van der Waals surface area contributed by atoms with Crippen molar-refractivity contribution in [1.29, 1.82) is 0 Å². The molecule has 1 amide bonds. The Bertz CT molecular complexity index is 1010. The molecule has 24 heavy (non-hydrogen) atoms. The highest BCUT2D eigenvalue weighted by Gasteiger charge is 2.14. The number of aromatic nitrogens is 3. The van der Waals surface area contributed by atoms with Crippen molar-refractivity contribution >= 4 is 40.4 Å². The smallest absolute Gasteiger partial charge is 0.262 e. The summed E-state index contributed by atoms with van der Waals surface area (Å²) in [5, 5.41) is 2.43. The number of hydrogen-bond donors (Lipinski definition) is 1. The number of hydrogen-bond acceptors (Lipinski definition) is 5. The predicted molar refractivity (Wildman–Crippen MR) is 97.0 cm³/mol. The van der Waals surface area contributed by atoms with E-state index in [1.807, 2.05) is 12.3 Å². The van der Waals surface area contributed by atoms with E-state index in [2.05, 4.69) is 9.97 Å². The molecule has 0 aliphatic rings. The number of nitrogens with zero attached hydrogens (tertiary/aromatic N) is 3. The lowest BCUT2D eigenvalue weighted by atomic mass is 10.1. The van der Waals surface area contributed by atoms with Gasteiger partial charge in [0.1, 0.15) is 0 Å². The monoisotopic (exact) mass is 360 g/mol. The summed E-state index contributed by atoms with van der Waals surface area (Å²) >= 11 is 6.70. The maximum Gasteiger partial charge on any atom is 0.262 e. The highest BCUT2D eigenvalue weighted by atomic mass is 32.1. The third-order valence-electron chi connectivity index (χ3n) is 3.77. The Morgan fingerprint density at radius 1 is 1.46 bits per heavy atom. The molecule has 0 atom stereocenters. The van der Waals surface area contributed by atoms with E-state index in [9.17, 15) is 9.59 Å². The molecule has 0 saturated heterocycles. The van der Waals surface area contributed by atoms with Gasteiger partial charge in [-0.1, -0.05) is 0 Å². The van der Waals surface area contributed by atoms with Crippen molar-refractivity contribution in [3.63, 3.8) is 0 Å². The van der Waals surface area contributed by atoms with Gasteiger partial charge in [0, 0.05) is 24.5 Å². The van der Waals surface area contributed by atoms with Crippen molar-refractivity contribution in [2.24, 2.45) is 0 Å². The molecule has 0 unspecified atom stereocenters. The average molecular weight is 360 g/mol. The average Bonchev–Trinajstić information content (AvgIpc) is 3.07. The second kappa shape index (κ2) is 6.66. The van der Waals surface area contributed by atoms with Crippen molar-refractivity contribution in [1.82, 2.24) is 19.4 Å². The molecule has 0 spiro atoms. The van der Waals surface area contributed by atoms with Crippen LogP contribution in [0.15, 0.2) is 33.9 Å². The van der Waals surface area contributed by atoms with E-state index < -0.39 is 0 Å². The first-order valence-electron chi connectivity index (χ1n) is 7.40. The van der Waals surface area contributed by atoms with Gasteiger partial charge in [-0.05, 0) is 37.3 Å². The molecular weight excluding hydrogens is 344 g/mol. The van der Waals surface area contributed by atoms with Gasteiger partial charge in [0.05, 0.1) is 28.7 Å². The fraction of sp³-hybridized carbons (Fsp3) is 0.250. The zero-order valence-electron chi connectivity index (χ0n) is 13.3. The molecule has 0 aliphatic carbocycles. The van der Waals surface area contributed by atoms with E-state index in [0.717, 1.165) is 5.69 Å². The van der Waals surface area contributed by atoms with E-state index >= 15 is 0 Å². The summed E-state index contributed by atoms with van der Waals surface area (Å²) < 4.78 is 1.85. The zero-order valence-corrected chi connectivity index (χ0v) is 14.9. The van der Waals surface area contributed by atoms with E-state index in [-0.39, 0.29) is 11.5 Å². The summed E-state index contributed by atoms with van der Waals surface area (Å²) in [5.74, 6) is -0.135. The molecule has 0 bridgehead atoms. The summed E-state index contributed by atoms with van der Waals surface area (Å²) in [7, 11) is 1.73. The Kier molecular flexibility index (Phi) is 4.59. The number of H-pyrrole nitrogens is 1. The van der Waals surface area contributed by atoms with Crippen LogP contribution in [0, 0.1) is 4.77 Å². The Hall–Kier alpha value is -2.32. The van der Waals surface area contributed by atoms with Crippen molar-refractivity contribution in [3.05, 3.63) is 55.5 Å². The number of thiazole rings is 1. The normalized spacial score (nSPS) is 10.9. The van der Waals surface area contributed by atoms with Gasteiger partial charge < -0.3 is 9.88 Å². The molecule has 0 radical (unpaired) electrons. The summed E-state index contributed by atoms with van der Waals surface area (Å²) in [5.41, 5.74) is 3.51. The second-order valence-corrected chi connectivity index (χ2v) is 6.49. The number of nitrogens with one attached hydrogen (secondary N) is 1. The third-order valence-corrected chi connectivity index (χ3v) is 4.73. The van der Waals surface area contributed by atoms with Crippen molar-refractivity contribution < 1.29 is 4.79 Å². The molecule has 0 aliphatic heterocycles. The van der Waals surface area contributed by atoms with Gasteiger partial charge in [0.15, 0.2) is 4.77 Å². The molecule has 1 aromatic carbocycles.